The zero-order valence-electron chi connectivity index (χ0n) is 31.4. The number of rotatable bonds is 6. The van der Waals surface area contributed by atoms with Crippen molar-refractivity contribution < 1.29 is 0 Å². The molecule has 3 heteroatoms. The van der Waals surface area contributed by atoms with Gasteiger partial charge in [0.05, 0.1) is 11.4 Å². The summed E-state index contributed by atoms with van der Waals surface area (Å²) in [6.07, 6.45) is 0. The average molecular weight is 745 g/mol. The van der Waals surface area contributed by atoms with Crippen molar-refractivity contribution in [1.82, 2.24) is 9.97 Å². The van der Waals surface area contributed by atoms with Gasteiger partial charge in [-0.05, 0) is 81.3 Å². The van der Waals surface area contributed by atoms with Crippen molar-refractivity contribution in [1.29, 1.82) is 0 Å². The van der Waals surface area contributed by atoms with E-state index in [-0.39, 0.29) is 5.41 Å². The van der Waals surface area contributed by atoms with Gasteiger partial charge in [0.2, 0.25) is 0 Å². The maximum atomic E-state index is 5.30. The number of hydrogen-bond acceptors (Lipinski definition) is 3. The van der Waals surface area contributed by atoms with E-state index in [2.05, 4.69) is 201 Å². The van der Waals surface area contributed by atoms with Gasteiger partial charge in [0.25, 0.3) is 0 Å². The van der Waals surface area contributed by atoms with Gasteiger partial charge in [-0.3, -0.25) is 0 Å². The van der Waals surface area contributed by atoms with Gasteiger partial charge in [-0.15, -0.1) is 11.3 Å². The monoisotopic (exact) mass is 744 g/mol. The zero-order valence-corrected chi connectivity index (χ0v) is 32.2. The minimum absolute atomic E-state index is 0.286. The number of benzene rings is 8. The Morgan fingerprint density at radius 3 is 1.84 bits per heavy atom. The van der Waals surface area contributed by atoms with Crippen LogP contribution in [0.5, 0.6) is 0 Å². The third-order valence-corrected chi connectivity index (χ3v) is 13.0. The highest BCUT2D eigenvalue weighted by Gasteiger charge is 2.40. The van der Waals surface area contributed by atoms with Crippen molar-refractivity contribution in [2.24, 2.45) is 0 Å². The van der Waals surface area contributed by atoms with E-state index in [9.17, 15) is 0 Å². The summed E-state index contributed by atoms with van der Waals surface area (Å²) >= 11 is 1.86. The number of fused-ring (bicyclic) bond motifs is 6. The highest BCUT2D eigenvalue weighted by molar-refractivity contribution is 7.26. The summed E-state index contributed by atoms with van der Waals surface area (Å²) in [5.41, 5.74) is 15.9. The fourth-order valence-corrected chi connectivity index (χ4v) is 10.2. The lowest BCUT2D eigenvalue weighted by Crippen LogP contribution is -2.22. The lowest BCUT2D eigenvalue weighted by molar-refractivity contribution is 0.714. The van der Waals surface area contributed by atoms with Crippen molar-refractivity contribution in [3.63, 3.8) is 0 Å². The Morgan fingerprint density at radius 2 is 0.982 bits per heavy atom. The fraction of sp³-hybridized carbons (Fsp3) is 0.0370. The van der Waals surface area contributed by atoms with Gasteiger partial charge in [0.15, 0.2) is 5.82 Å². The summed E-state index contributed by atoms with van der Waals surface area (Å²) < 4.78 is 2.61. The van der Waals surface area contributed by atoms with Crippen LogP contribution in [0, 0.1) is 0 Å². The Bertz CT molecular complexity index is 3140. The molecule has 0 N–H and O–H groups in total. The first-order valence-electron chi connectivity index (χ1n) is 19.5. The lowest BCUT2D eigenvalue weighted by Gasteiger charge is -2.28. The van der Waals surface area contributed by atoms with E-state index in [4.69, 9.17) is 9.97 Å². The predicted octanol–water partition coefficient (Wildman–Crippen LogP) is 14.5. The first kappa shape index (κ1) is 33.4. The van der Waals surface area contributed by atoms with Crippen molar-refractivity contribution in [2.75, 3.05) is 0 Å². The molecular formula is C54H36N2S. The van der Waals surface area contributed by atoms with Crippen molar-refractivity contribution in [3.8, 4) is 67.3 Å². The van der Waals surface area contributed by atoms with Crippen LogP contribution in [0.2, 0.25) is 0 Å². The molecule has 2 nitrogen and oxygen atoms in total. The second kappa shape index (κ2) is 13.4. The van der Waals surface area contributed by atoms with Gasteiger partial charge in [0, 0.05) is 42.3 Å². The van der Waals surface area contributed by atoms with Crippen LogP contribution in [-0.4, -0.2) is 9.97 Å². The second-order valence-corrected chi connectivity index (χ2v) is 16.1. The van der Waals surface area contributed by atoms with Crippen LogP contribution in [0.15, 0.2) is 200 Å². The molecule has 1 unspecified atom stereocenters. The SMILES string of the molecule is CC1(c2ccccc2)c2ccccc2-c2ccc(-c3ccccc3-c3cc(-c4cccc(-c5cccc6c5sc5ccccc56)c4)nc(-c4ccccc4)n3)cc21. The molecule has 0 fully saturated rings. The van der Waals surface area contributed by atoms with Gasteiger partial charge < -0.3 is 0 Å². The summed E-state index contributed by atoms with van der Waals surface area (Å²) in [6, 6.07) is 72.2. The largest absolute Gasteiger partial charge is 0.228 e. The minimum Gasteiger partial charge on any atom is -0.228 e. The van der Waals surface area contributed by atoms with Gasteiger partial charge in [0.1, 0.15) is 0 Å². The molecule has 0 radical (unpaired) electrons. The van der Waals surface area contributed by atoms with Crippen molar-refractivity contribution >= 4 is 31.5 Å². The normalized spacial score (nSPS) is 14.5. The number of aromatic nitrogens is 2. The third kappa shape index (κ3) is 5.46. The molecule has 2 heterocycles. The first-order valence-corrected chi connectivity index (χ1v) is 20.3. The summed E-state index contributed by atoms with van der Waals surface area (Å²) in [4.78, 5) is 10.6. The molecule has 57 heavy (non-hydrogen) atoms. The Labute approximate surface area is 336 Å². The molecule has 2 aromatic heterocycles. The zero-order chi connectivity index (χ0) is 37.9. The summed E-state index contributed by atoms with van der Waals surface area (Å²) in [7, 11) is 0. The van der Waals surface area contributed by atoms with E-state index < -0.39 is 0 Å². The summed E-state index contributed by atoms with van der Waals surface area (Å²) in [6.45, 7) is 2.38. The lowest BCUT2D eigenvalue weighted by atomic mass is 9.74. The maximum Gasteiger partial charge on any atom is 0.160 e. The molecule has 0 aliphatic heterocycles. The smallest absolute Gasteiger partial charge is 0.160 e. The molecule has 10 aromatic rings. The van der Waals surface area contributed by atoms with Gasteiger partial charge >= 0.3 is 0 Å². The van der Waals surface area contributed by atoms with Crippen LogP contribution in [0.1, 0.15) is 23.6 Å². The summed E-state index contributed by atoms with van der Waals surface area (Å²) in [5, 5.41) is 2.60. The van der Waals surface area contributed by atoms with E-state index in [0.29, 0.717) is 5.82 Å². The van der Waals surface area contributed by atoms with Gasteiger partial charge in [-0.2, -0.15) is 0 Å². The van der Waals surface area contributed by atoms with E-state index in [1.165, 1.54) is 64.7 Å². The van der Waals surface area contributed by atoms with Crippen molar-refractivity contribution in [2.45, 2.75) is 12.3 Å². The molecule has 0 spiro atoms. The maximum absolute atomic E-state index is 5.30. The van der Waals surface area contributed by atoms with Gasteiger partial charge in [-0.25, -0.2) is 9.97 Å². The standard InChI is InChI=1S/C54H36N2S/c1-54(39-20-6-3-7-21-39)47-28-12-10-23-42(47)43-31-30-37(33-48(43)54)40-22-8-9-24-44(40)50-34-49(55-53(56-50)35-16-4-2-5-17-35)38-19-14-18-36(32-38)41-26-15-27-46-45-25-11-13-29-51(45)57-52(41)46/h2-34H,1H3. The Morgan fingerprint density at radius 1 is 0.386 bits per heavy atom. The number of nitrogens with zero attached hydrogens (tertiary/aromatic N) is 2. The minimum atomic E-state index is -0.286. The van der Waals surface area contributed by atoms with E-state index in [1.807, 2.05) is 17.4 Å². The molecule has 11 rings (SSSR count). The highest BCUT2D eigenvalue weighted by Crippen LogP contribution is 2.53. The van der Waals surface area contributed by atoms with E-state index >= 15 is 0 Å². The average Bonchev–Trinajstić information content (AvgIpc) is 3.80. The predicted molar refractivity (Wildman–Crippen MR) is 240 cm³/mol. The molecule has 268 valence electrons. The van der Waals surface area contributed by atoms with E-state index in [1.54, 1.807) is 0 Å². The number of thiophene rings is 1. The molecule has 0 bridgehead atoms. The van der Waals surface area contributed by atoms with Crippen LogP contribution < -0.4 is 0 Å². The number of hydrogen-bond donors (Lipinski definition) is 0. The molecule has 1 atom stereocenters. The quantitative estimate of drug-likeness (QED) is 0.169. The molecule has 8 aromatic carbocycles. The molecule has 0 amide bonds. The second-order valence-electron chi connectivity index (χ2n) is 15.0. The van der Waals surface area contributed by atoms with Gasteiger partial charge in [-0.1, -0.05) is 176 Å². The van der Waals surface area contributed by atoms with E-state index in [0.717, 1.165) is 33.6 Å². The Hall–Kier alpha value is -6.94. The van der Waals surface area contributed by atoms with Crippen LogP contribution in [-0.2, 0) is 5.41 Å². The van der Waals surface area contributed by atoms with Crippen LogP contribution in [0.25, 0.3) is 87.5 Å². The highest BCUT2D eigenvalue weighted by atomic mass is 32.1. The Kier molecular flexibility index (Phi) is 7.84. The topological polar surface area (TPSA) is 25.8 Å². The summed E-state index contributed by atoms with van der Waals surface area (Å²) in [5.74, 6) is 0.705. The molecule has 1 aliphatic rings. The molecule has 1 aliphatic carbocycles. The molecule has 0 saturated heterocycles. The van der Waals surface area contributed by atoms with Crippen LogP contribution >= 0.6 is 11.3 Å². The van der Waals surface area contributed by atoms with Crippen LogP contribution in [0.3, 0.4) is 0 Å². The molecule has 0 saturated carbocycles. The van der Waals surface area contributed by atoms with Crippen molar-refractivity contribution in [3.05, 3.63) is 217 Å². The fourth-order valence-electron chi connectivity index (χ4n) is 8.97. The Balaban J connectivity index is 1.07. The molecular weight excluding hydrogens is 709 g/mol. The first-order chi connectivity index (χ1) is 28.1. The third-order valence-electron chi connectivity index (χ3n) is 11.8. The van der Waals surface area contributed by atoms with Crippen LogP contribution in [0.4, 0.5) is 0 Å².